The minimum absolute atomic E-state index is 0.0237. The van der Waals surface area contributed by atoms with E-state index < -0.39 is 0 Å². The summed E-state index contributed by atoms with van der Waals surface area (Å²) in [5.41, 5.74) is 2.29. The molecule has 5 nitrogen and oxygen atoms in total. The van der Waals surface area contributed by atoms with Crippen molar-refractivity contribution in [3.8, 4) is 0 Å². The Morgan fingerprint density at radius 2 is 1.73 bits per heavy atom. The number of rotatable bonds is 6. The monoisotopic (exact) mass is 405 g/mol. The maximum Gasteiger partial charge on any atom is 0.155 e. The Bertz CT molecular complexity index is 949. The molecule has 5 rings (SSSR count). The average Bonchev–Trinajstić information content (AvgIpc) is 3.53. The van der Waals surface area contributed by atoms with E-state index in [0.29, 0.717) is 6.04 Å². The third kappa shape index (κ3) is 4.02. The van der Waals surface area contributed by atoms with Crippen LogP contribution in [0.25, 0.3) is 0 Å². The molecule has 0 radical (unpaired) electrons. The van der Waals surface area contributed by atoms with Gasteiger partial charge in [-0.3, -0.25) is 9.80 Å². The Hall–Kier alpha value is -2.57. The summed E-state index contributed by atoms with van der Waals surface area (Å²) in [5.74, 6) is 0.715. The Labute approximate surface area is 177 Å². The first kappa shape index (κ1) is 19.4. The summed E-state index contributed by atoms with van der Waals surface area (Å²) in [6.45, 7) is 5.18. The van der Waals surface area contributed by atoms with Crippen LogP contribution in [0.3, 0.4) is 0 Å². The van der Waals surface area contributed by atoms with Gasteiger partial charge in [0.1, 0.15) is 12.1 Å². The molecule has 0 spiro atoms. The van der Waals surface area contributed by atoms with Gasteiger partial charge in [-0.15, -0.1) is 10.2 Å². The zero-order valence-electron chi connectivity index (χ0n) is 17.2. The van der Waals surface area contributed by atoms with Crippen molar-refractivity contribution >= 4 is 0 Å². The number of nitrogens with zero attached hydrogens (tertiary/aromatic N) is 5. The number of likely N-dealkylation sites (tertiary alicyclic amines) is 2. The van der Waals surface area contributed by atoms with Gasteiger partial charge >= 0.3 is 0 Å². The number of halogens is 1. The van der Waals surface area contributed by atoms with E-state index in [4.69, 9.17) is 0 Å². The smallest absolute Gasteiger partial charge is 0.155 e. The van der Waals surface area contributed by atoms with Crippen LogP contribution in [0.15, 0.2) is 60.9 Å². The second-order valence-corrected chi connectivity index (χ2v) is 8.44. The van der Waals surface area contributed by atoms with Crippen molar-refractivity contribution in [2.75, 3.05) is 26.2 Å². The molecule has 0 saturated carbocycles. The standard InChI is InChI=1S/C24H28FN5/c25-21-10-8-20(9-11-21)23(29-15-12-22(17-29)28-13-4-5-14-28)24-27-26-18-30(24)16-19-6-2-1-3-7-19/h1-3,6-11,18,22-23H,4-5,12-17H2/t22-,23?/m0/s1. The topological polar surface area (TPSA) is 37.2 Å². The molecule has 3 heterocycles. The summed E-state index contributed by atoms with van der Waals surface area (Å²) in [5, 5.41) is 8.79. The van der Waals surface area contributed by atoms with E-state index in [1.807, 2.05) is 24.5 Å². The maximum absolute atomic E-state index is 13.6. The molecule has 2 aliphatic heterocycles. The van der Waals surface area contributed by atoms with Crippen LogP contribution >= 0.6 is 0 Å². The first-order valence-electron chi connectivity index (χ1n) is 10.9. The zero-order valence-corrected chi connectivity index (χ0v) is 17.2. The lowest BCUT2D eigenvalue weighted by atomic mass is 10.0. The highest BCUT2D eigenvalue weighted by molar-refractivity contribution is 5.27. The minimum atomic E-state index is -0.209. The third-order valence-corrected chi connectivity index (χ3v) is 6.49. The van der Waals surface area contributed by atoms with E-state index in [1.165, 1.54) is 37.9 Å². The molecule has 2 aliphatic rings. The fourth-order valence-electron chi connectivity index (χ4n) is 4.95. The van der Waals surface area contributed by atoms with Crippen LogP contribution < -0.4 is 0 Å². The summed E-state index contributed by atoms with van der Waals surface area (Å²) in [7, 11) is 0. The van der Waals surface area contributed by atoms with Crippen LogP contribution in [0, 0.1) is 5.82 Å². The van der Waals surface area contributed by atoms with Gasteiger partial charge in [0, 0.05) is 19.1 Å². The van der Waals surface area contributed by atoms with Gasteiger partial charge in [0.15, 0.2) is 5.82 Å². The molecule has 3 aromatic rings. The molecule has 0 N–H and O–H groups in total. The number of hydrogen-bond donors (Lipinski definition) is 0. The first-order chi connectivity index (χ1) is 14.8. The van der Waals surface area contributed by atoms with E-state index >= 15 is 0 Å². The molecular formula is C24H28FN5. The second kappa shape index (κ2) is 8.66. The highest BCUT2D eigenvalue weighted by atomic mass is 19.1. The van der Waals surface area contributed by atoms with Crippen LogP contribution in [0.5, 0.6) is 0 Å². The summed E-state index contributed by atoms with van der Waals surface area (Å²) >= 11 is 0. The van der Waals surface area contributed by atoms with E-state index in [2.05, 4.69) is 48.8 Å². The van der Waals surface area contributed by atoms with Gasteiger partial charge < -0.3 is 4.57 Å². The summed E-state index contributed by atoms with van der Waals surface area (Å²) in [6, 6.07) is 17.8. The maximum atomic E-state index is 13.6. The highest BCUT2D eigenvalue weighted by Gasteiger charge is 2.36. The van der Waals surface area contributed by atoms with Crippen LogP contribution in [0.4, 0.5) is 4.39 Å². The third-order valence-electron chi connectivity index (χ3n) is 6.49. The summed E-state index contributed by atoms with van der Waals surface area (Å²) in [4.78, 5) is 5.14. The van der Waals surface area contributed by atoms with Gasteiger partial charge in [0.25, 0.3) is 0 Å². The van der Waals surface area contributed by atoms with Gasteiger partial charge in [-0.25, -0.2) is 4.39 Å². The van der Waals surface area contributed by atoms with Crippen LogP contribution in [-0.2, 0) is 6.54 Å². The quantitative estimate of drug-likeness (QED) is 0.626. The lowest BCUT2D eigenvalue weighted by Crippen LogP contribution is -2.37. The summed E-state index contributed by atoms with van der Waals surface area (Å²) < 4.78 is 15.8. The normalized spacial score (nSPS) is 21.3. The molecule has 1 unspecified atom stereocenters. The number of hydrogen-bond acceptors (Lipinski definition) is 4. The predicted molar refractivity (Wildman–Crippen MR) is 115 cm³/mol. The van der Waals surface area contributed by atoms with Gasteiger partial charge in [-0.1, -0.05) is 42.5 Å². The molecular weight excluding hydrogens is 377 g/mol. The zero-order chi connectivity index (χ0) is 20.3. The van der Waals surface area contributed by atoms with E-state index in [9.17, 15) is 4.39 Å². The SMILES string of the molecule is Fc1ccc(C(c2nncn2Cc2ccccc2)N2CC[C@H](N3CCCC3)C2)cc1. The predicted octanol–water partition coefficient (Wildman–Crippen LogP) is 3.73. The van der Waals surface area contributed by atoms with Gasteiger partial charge in [0.05, 0.1) is 12.6 Å². The molecule has 0 bridgehead atoms. The molecule has 30 heavy (non-hydrogen) atoms. The number of aromatic nitrogens is 3. The molecule has 2 saturated heterocycles. The largest absolute Gasteiger partial charge is 0.311 e. The van der Waals surface area contributed by atoms with E-state index in [-0.39, 0.29) is 11.9 Å². The van der Waals surface area contributed by atoms with Crippen molar-refractivity contribution in [3.05, 3.63) is 83.7 Å². The lowest BCUT2D eigenvalue weighted by Gasteiger charge is -2.29. The fourth-order valence-corrected chi connectivity index (χ4v) is 4.95. The van der Waals surface area contributed by atoms with Crippen molar-refractivity contribution in [3.63, 3.8) is 0 Å². The van der Waals surface area contributed by atoms with E-state index in [0.717, 1.165) is 31.0 Å². The molecule has 156 valence electrons. The Morgan fingerprint density at radius 1 is 0.967 bits per heavy atom. The molecule has 0 aliphatic carbocycles. The minimum Gasteiger partial charge on any atom is -0.311 e. The Kier molecular flexibility index (Phi) is 5.60. The van der Waals surface area contributed by atoms with Crippen molar-refractivity contribution < 1.29 is 4.39 Å². The molecule has 1 aromatic heterocycles. The van der Waals surface area contributed by atoms with Crippen molar-refractivity contribution in [2.24, 2.45) is 0 Å². The molecule has 0 amide bonds. The fraction of sp³-hybridized carbons (Fsp3) is 0.417. The van der Waals surface area contributed by atoms with Crippen LogP contribution in [-0.4, -0.2) is 56.8 Å². The number of benzene rings is 2. The Balaban J connectivity index is 1.45. The van der Waals surface area contributed by atoms with Crippen LogP contribution in [0.2, 0.25) is 0 Å². The first-order valence-corrected chi connectivity index (χ1v) is 10.9. The molecule has 2 atom stereocenters. The highest BCUT2D eigenvalue weighted by Crippen LogP contribution is 2.33. The Morgan fingerprint density at radius 3 is 2.50 bits per heavy atom. The van der Waals surface area contributed by atoms with Crippen molar-refractivity contribution in [1.29, 1.82) is 0 Å². The summed E-state index contributed by atoms with van der Waals surface area (Å²) in [6.07, 6.45) is 5.60. The van der Waals surface area contributed by atoms with E-state index in [1.54, 1.807) is 12.1 Å². The molecule has 2 fully saturated rings. The molecule has 2 aromatic carbocycles. The van der Waals surface area contributed by atoms with Crippen molar-refractivity contribution in [1.82, 2.24) is 24.6 Å². The van der Waals surface area contributed by atoms with Crippen molar-refractivity contribution in [2.45, 2.75) is 37.9 Å². The van der Waals surface area contributed by atoms with Crippen LogP contribution in [0.1, 0.15) is 42.3 Å². The van der Waals surface area contributed by atoms with Gasteiger partial charge in [0.2, 0.25) is 0 Å². The van der Waals surface area contributed by atoms with Gasteiger partial charge in [-0.05, 0) is 55.6 Å². The average molecular weight is 406 g/mol. The van der Waals surface area contributed by atoms with Gasteiger partial charge in [-0.2, -0.15) is 0 Å². The molecule has 6 heteroatoms. The second-order valence-electron chi connectivity index (χ2n) is 8.44. The lowest BCUT2D eigenvalue weighted by molar-refractivity contribution is 0.210.